The van der Waals surface area contributed by atoms with Crippen LogP contribution in [-0.2, 0) is 17.8 Å². The molecule has 0 amide bonds. The van der Waals surface area contributed by atoms with Gasteiger partial charge in [-0.1, -0.05) is 36.4 Å². The summed E-state index contributed by atoms with van der Waals surface area (Å²) in [6.45, 7) is 4.61. The number of hydrogen-bond acceptors (Lipinski definition) is 4. The van der Waals surface area contributed by atoms with Gasteiger partial charge in [-0.05, 0) is 30.0 Å². The maximum Gasteiger partial charge on any atom is 0.269 e. The van der Waals surface area contributed by atoms with Gasteiger partial charge < -0.3 is 15.4 Å². The largest absolute Gasteiger partial charge is 0.385 e. The molecule has 2 N–H and O–H groups in total. The lowest BCUT2D eigenvalue weighted by molar-refractivity contribution is -0.384. The predicted octanol–water partition coefficient (Wildman–Crippen LogP) is 3.79. The van der Waals surface area contributed by atoms with Crippen LogP contribution in [0.1, 0.15) is 23.1 Å². The van der Waals surface area contributed by atoms with E-state index in [1.165, 1.54) is 23.3 Å². The van der Waals surface area contributed by atoms with Crippen molar-refractivity contribution in [3.05, 3.63) is 75.3 Å². The Hall–Kier alpha value is -2.20. The molecule has 0 saturated heterocycles. The lowest BCUT2D eigenvalue weighted by atomic mass is 10.1. The number of nitrogens with zero attached hydrogens (tertiary/aromatic N) is 2. The minimum atomic E-state index is -0.403. The van der Waals surface area contributed by atoms with Gasteiger partial charge in [-0.2, -0.15) is 0 Å². The summed E-state index contributed by atoms with van der Waals surface area (Å²) in [6, 6.07) is 14.7. The monoisotopic (exact) mass is 498 g/mol. The van der Waals surface area contributed by atoms with Crippen molar-refractivity contribution >= 4 is 35.6 Å². The molecule has 2 rings (SSSR count). The first-order valence-corrected chi connectivity index (χ1v) is 8.89. The molecule has 0 atom stereocenters. The number of hydrogen-bond donors (Lipinski definition) is 2. The molecular formula is C20H27IN4O3. The number of halogens is 1. The number of rotatable bonds is 9. The molecule has 0 bridgehead atoms. The Morgan fingerprint density at radius 2 is 1.86 bits per heavy atom. The van der Waals surface area contributed by atoms with Gasteiger partial charge in [0, 0.05) is 38.9 Å². The topological polar surface area (TPSA) is 88.8 Å². The first-order chi connectivity index (χ1) is 13.1. The highest BCUT2D eigenvalue weighted by atomic mass is 127. The molecule has 0 spiro atoms. The number of methoxy groups -OCH3 is 1. The van der Waals surface area contributed by atoms with Crippen LogP contribution in [0, 0.1) is 17.0 Å². The molecule has 0 heterocycles. The maximum atomic E-state index is 10.7. The number of aryl methyl sites for hydroxylation is 1. The number of aliphatic imine (C=N–C) groups is 1. The van der Waals surface area contributed by atoms with Crippen molar-refractivity contribution in [3.63, 3.8) is 0 Å². The summed E-state index contributed by atoms with van der Waals surface area (Å²) >= 11 is 0. The van der Waals surface area contributed by atoms with E-state index in [0.717, 1.165) is 18.5 Å². The van der Waals surface area contributed by atoms with Gasteiger partial charge in [0.1, 0.15) is 0 Å². The maximum absolute atomic E-state index is 10.7. The molecular weight excluding hydrogens is 471 g/mol. The van der Waals surface area contributed by atoms with E-state index in [-0.39, 0.29) is 29.7 Å². The molecule has 0 radical (unpaired) electrons. The van der Waals surface area contributed by atoms with Crippen LogP contribution in [0.3, 0.4) is 0 Å². The van der Waals surface area contributed by atoms with Crippen LogP contribution >= 0.6 is 24.0 Å². The first kappa shape index (κ1) is 23.8. The lowest BCUT2D eigenvalue weighted by Gasteiger charge is -2.14. The Balaban J connectivity index is 0.00000392. The van der Waals surface area contributed by atoms with Gasteiger partial charge in [-0.15, -0.1) is 24.0 Å². The summed E-state index contributed by atoms with van der Waals surface area (Å²) in [5, 5.41) is 17.4. The molecule has 0 saturated carbocycles. The van der Waals surface area contributed by atoms with Gasteiger partial charge in [-0.3, -0.25) is 10.1 Å². The lowest BCUT2D eigenvalue weighted by Crippen LogP contribution is -2.38. The molecule has 0 fully saturated rings. The Morgan fingerprint density at radius 1 is 1.14 bits per heavy atom. The zero-order valence-corrected chi connectivity index (χ0v) is 18.5. The van der Waals surface area contributed by atoms with E-state index >= 15 is 0 Å². The fraction of sp³-hybridized carbons (Fsp3) is 0.350. The smallest absolute Gasteiger partial charge is 0.269 e. The standard InChI is InChI=1S/C20H26N4O3.HI/c1-16-6-3-4-7-18(16)15-23-20(21-12-5-13-27-2)22-14-17-8-10-19(11-9-17)24(25)26;/h3-4,6-11H,5,12-15H2,1-2H3,(H2,21,22,23);1H. The van der Waals surface area contributed by atoms with E-state index in [1.54, 1.807) is 19.2 Å². The predicted molar refractivity (Wildman–Crippen MR) is 122 cm³/mol. The van der Waals surface area contributed by atoms with Gasteiger partial charge in [0.05, 0.1) is 11.5 Å². The number of guanidine groups is 1. The average molecular weight is 498 g/mol. The summed E-state index contributed by atoms with van der Waals surface area (Å²) in [5.41, 5.74) is 3.42. The second kappa shape index (κ2) is 13.1. The third kappa shape index (κ3) is 8.22. The van der Waals surface area contributed by atoms with Crippen molar-refractivity contribution in [1.82, 2.24) is 10.6 Å². The minimum Gasteiger partial charge on any atom is -0.385 e. The van der Waals surface area contributed by atoms with Crippen molar-refractivity contribution in [1.29, 1.82) is 0 Å². The Labute approximate surface area is 182 Å². The third-order valence-electron chi connectivity index (χ3n) is 4.09. The fourth-order valence-corrected chi connectivity index (χ4v) is 2.48. The number of nitro benzene ring substituents is 1. The van der Waals surface area contributed by atoms with E-state index in [0.29, 0.717) is 25.7 Å². The van der Waals surface area contributed by atoms with Crippen LogP contribution in [0.4, 0.5) is 5.69 Å². The SMILES string of the molecule is COCCCNC(=NCc1ccc([N+](=O)[O-])cc1)NCc1ccccc1C.I. The molecule has 152 valence electrons. The second-order valence-electron chi connectivity index (χ2n) is 6.14. The van der Waals surface area contributed by atoms with E-state index in [1.807, 2.05) is 12.1 Å². The van der Waals surface area contributed by atoms with Gasteiger partial charge >= 0.3 is 0 Å². The minimum absolute atomic E-state index is 0. The van der Waals surface area contributed by atoms with Crippen molar-refractivity contribution in [2.24, 2.45) is 4.99 Å². The zero-order valence-electron chi connectivity index (χ0n) is 16.2. The Kier molecular flexibility index (Phi) is 11.1. The summed E-state index contributed by atoms with van der Waals surface area (Å²) in [4.78, 5) is 14.9. The molecule has 7 nitrogen and oxygen atoms in total. The summed E-state index contributed by atoms with van der Waals surface area (Å²) in [5.74, 6) is 0.702. The van der Waals surface area contributed by atoms with Crippen molar-refractivity contribution in [2.45, 2.75) is 26.4 Å². The normalized spacial score (nSPS) is 10.9. The highest BCUT2D eigenvalue weighted by Crippen LogP contribution is 2.12. The summed E-state index contributed by atoms with van der Waals surface area (Å²) < 4.78 is 5.07. The summed E-state index contributed by atoms with van der Waals surface area (Å²) in [6.07, 6.45) is 0.874. The number of non-ortho nitro benzene ring substituents is 1. The molecule has 28 heavy (non-hydrogen) atoms. The number of benzene rings is 2. The Bertz CT molecular complexity index is 766. The van der Waals surface area contributed by atoms with Crippen LogP contribution in [-0.4, -0.2) is 31.1 Å². The van der Waals surface area contributed by atoms with Crippen molar-refractivity contribution < 1.29 is 9.66 Å². The molecule has 0 aliphatic heterocycles. The van der Waals surface area contributed by atoms with Crippen molar-refractivity contribution in [2.75, 3.05) is 20.3 Å². The second-order valence-corrected chi connectivity index (χ2v) is 6.14. The van der Waals surface area contributed by atoms with E-state index in [2.05, 4.69) is 34.7 Å². The highest BCUT2D eigenvalue weighted by molar-refractivity contribution is 14.0. The highest BCUT2D eigenvalue weighted by Gasteiger charge is 2.05. The van der Waals surface area contributed by atoms with Gasteiger partial charge in [0.2, 0.25) is 0 Å². The van der Waals surface area contributed by atoms with Gasteiger partial charge in [0.25, 0.3) is 5.69 Å². The molecule has 0 aliphatic rings. The van der Waals surface area contributed by atoms with Crippen LogP contribution in [0.2, 0.25) is 0 Å². The molecule has 2 aromatic carbocycles. The fourth-order valence-electron chi connectivity index (χ4n) is 2.48. The van der Waals surface area contributed by atoms with Crippen molar-refractivity contribution in [3.8, 4) is 0 Å². The van der Waals surface area contributed by atoms with Crippen LogP contribution in [0.5, 0.6) is 0 Å². The molecule has 0 aliphatic carbocycles. The van der Waals surface area contributed by atoms with E-state index < -0.39 is 4.92 Å². The van der Waals surface area contributed by atoms with Crippen LogP contribution < -0.4 is 10.6 Å². The van der Waals surface area contributed by atoms with Gasteiger partial charge in [-0.25, -0.2) is 4.99 Å². The first-order valence-electron chi connectivity index (χ1n) is 8.89. The zero-order chi connectivity index (χ0) is 19.5. The van der Waals surface area contributed by atoms with E-state index in [4.69, 9.17) is 4.74 Å². The van der Waals surface area contributed by atoms with Crippen LogP contribution in [0.25, 0.3) is 0 Å². The molecule has 0 unspecified atom stereocenters. The number of nitrogens with one attached hydrogen (secondary N) is 2. The van der Waals surface area contributed by atoms with Gasteiger partial charge in [0.15, 0.2) is 5.96 Å². The van der Waals surface area contributed by atoms with Crippen LogP contribution in [0.15, 0.2) is 53.5 Å². The van der Waals surface area contributed by atoms with E-state index in [9.17, 15) is 10.1 Å². The summed E-state index contributed by atoms with van der Waals surface area (Å²) in [7, 11) is 1.68. The average Bonchev–Trinajstić information content (AvgIpc) is 2.68. The number of nitro groups is 1. The molecule has 0 aromatic heterocycles. The third-order valence-corrected chi connectivity index (χ3v) is 4.09. The Morgan fingerprint density at radius 3 is 2.50 bits per heavy atom. The molecule has 2 aromatic rings. The number of ether oxygens (including phenoxy) is 1. The molecule has 8 heteroatoms. The quantitative estimate of drug-likeness (QED) is 0.137.